The molecule has 0 saturated carbocycles. The molecule has 8 nitrogen and oxygen atoms in total. The minimum Gasteiger partial charge on any atom is -0.496 e. The molecule has 186 valence electrons. The summed E-state index contributed by atoms with van der Waals surface area (Å²) in [6, 6.07) is 14.6. The number of hydrogen-bond acceptors (Lipinski definition) is 7. The number of hydrogen-bond donors (Lipinski definition) is 0. The highest BCUT2D eigenvalue weighted by Crippen LogP contribution is 2.39. The van der Waals surface area contributed by atoms with E-state index < -0.39 is 6.04 Å². The van der Waals surface area contributed by atoms with E-state index in [1.807, 2.05) is 53.4 Å². The third-order valence-electron chi connectivity index (χ3n) is 6.59. The summed E-state index contributed by atoms with van der Waals surface area (Å²) in [6.07, 6.45) is 3.10. The smallest absolute Gasteiger partial charge is 0.323 e. The molecule has 2 unspecified atom stereocenters. The van der Waals surface area contributed by atoms with Crippen LogP contribution in [0.5, 0.6) is 11.5 Å². The first-order valence-electron chi connectivity index (χ1n) is 12.1. The summed E-state index contributed by atoms with van der Waals surface area (Å²) in [4.78, 5) is 28.2. The molecule has 2 aliphatic rings. The number of para-hydroxylation sites is 2. The Balaban J connectivity index is 1.65. The van der Waals surface area contributed by atoms with Gasteiger partial charge in [-0.15, -0.1) is 0 Å². The minimum atomic E-state index is -0.405. The SMILES string of the molecule is CCOC(=O)C1CCCCN1CC(=O)N1N=C(c2ccccc2OC)CC1c1ccccc1OC. The van der Waals surface area contributed by atoms with Crippen LogP contribution in [0.15, 0.2) is 53.6 Å². The number of piperidine rings is 1. The van der Waals surface area contributed by atoms with Gasteiger partial charge in [0.15, 0.2) is 0 Å². The van der Waals surface area contributed by atoms with Crippen LogP contribution in [0.25, 0.3) is 0 Å². The highest BCUT2D eigenvalue weighted by molar-refractivity contribution is 6.05. The van der Waals surface area contributed by atoms with Gasteiger partial charge in [0.2, 0.25) is 0 Å². The normalized spacial score (nSPS) is 20.3. The maximum absolute atomic E-state index is 13.7. The van der Waals surface area contributed by atoms with Crippen LogP contribution in [0.3, 0.4) is 0 Å². The van der Waals surface area contributed by atoms with Crippen LogP contribution < -0.4 is 9.47 Å². The van der Waals surface area contributed by atoms with E-state index in [9.17, 15) is 9.59 Å². The highest BCUT2D eigenvalue weighted by Gasteiger charge is 2.38. The number of carbonyl (C=O) groups is 2. The lowest BCUT2D eigenvalue weighted by Gasteiger charge is -2.34. The molecular formula is C27H33N3O5. The maximum Gasteiger partial charge on any atom is 0.323 e. The molecule has 0 radical (unpaired) electrons. The van der Waals surface area contributed by atoms with Gasteiger partial charge in [0, 0.05) is 17.5 Å². The van der Waals surface area contributed by atoms with E-state index in [1.54, 1.807) is 26.2 Å². The topological polar surface area (TPSA) is 80.7 Å². The van der Waals surface area contributed by atoms with E-state index in [2.05, 4.69) is 0 Å². The zero-order valence-electron chi connectivity index (χ0n) is 20.6. The quantitative estimate of drug-likeness (QED) is 0.536. The Hall–Kier alpha value is -3.39. The summed E-state index contributed by atoms with van der Waals surface area (Å²) in [5.41, 5.74) is 2.51. The number of nitrogens with zero attached hydrogens (tertiary/aromatic N) is 3. The molecule has 2 heterocycles. The Morgan fingerprint density at radius 3 is 2.46 bits per heavy atom. The zero-order valence-corrected chi connectivity index (χ0v) is 20.6. The van der Waals surface area contributed by atoms with Crippen molar-refractivity contribution in [2.45, 2.75) is 44.7 Å². The largest absolute Gasteiger partial charge is 0.496 e. The molecule has 0 spiro atoms. The van der Waals surface area contributed by atoms with E-state index >= 15 is 0 Å². The van der Waals surface area contributed by atoms with E-state index in [1.165, 1.54) is 0 Å². The Labute approximate surface area is 206 Å². The van der Waals surface area contributed by atoms with Gasteiger partial charge in [0.1, 0.15) is 17.5 Å². The summed E-state index contributed by atoms with van der Waals surface area (Å²) >= 11 is 0. The Morgan fingerprint density at radius 1 is 1.00 bits per heavy atom. The van der Waals surface area contributed by atoms with Gasteiger partial charge in [0.05, 0.1) is 39.1 Å². The second kappa shape index (κ2) is 11.4. The van der Waals surface area contributed by atoms with Crippen molar-refractivity contribution in [2.24, 2.45) is 5.10 Å². The molecule has 0 bridgehead atoms. The first kappa shape index (κ1) is 24.7. The molecule has 8 heteroatoms. The van der Waals surface area contributed by atoms with Crippen molar-refractivity contribution in [1.29, 1.82) is 0 Å². The van der Waals surface area contributed by atoms with Crippen molar-refractivity contribution in [2.75, 3.05) is 33.9 Å². The first-order chi connectivity index (χ1) is 17.1. The van der Waals surface area contributed by atoms with Gasteiger partial charge >= 0.3 is 5.97 Å². The van der Waals surface area contributed by atoms with Crippen LogP contribution >= 0.6 is 0 Å². The summed E-state index contributed by atoms with van der Waals surface area (Å²) in [6.45, 7) is 2.89. The average Bonchev–Trinajstić information content (AvgIpc) is 3.34. The standard InChI is InChI=1S/C27H33N3O5/c1-4-35-27(32)22-13-9-10-16-29(22)18-26(31)30-23(20-12-6-8-15-25(20)34-3)17-21(28-30)19-11-5-7-14-24(19)33-2/h5-8,11-12,14-15,22-23H,4,9-10,13,16-18H2,1-3H3. The van der Waals surface area contributed by atoms with Crippen LogP contribution in [0.2, 0.25) is 0 Å². The number of rotatable bonds is 8. The first-order valence-corrected chi connectivity index (χ1v) is 12.1. The Bertz CT molecular complexity index is 1090. The van der Waals surface area contributed by atoms with Crippen molar-refractivity contribution >= 4 is 17.6 Å². The van der Waals surface area contributed by atoms with Gasteiger partial charge in [0.25, 0.3) is 5.91 Å². The van der Waals surface area contributed by atoms with Crippen LogP contribution in [0.4, 0.5) is 0 Å². The van der Waals surface area contributed by atoms with E-state index in [0.29, 0.717) is 37.5 Å². The molecule has 0 aromatic heterocycles. The number of esters is 1. The molecule has 1 amide bonds. The molecule has 2 aromatic rings. The second-order valence-corrected chi connectivity index (χ2v) is 8.68. The average molecular weight is 480 g/mol. The van der Waals surface area contributed by atoms with Crippen molar-refractivity contribution in [3.8, 4) is 11.5 Å². The number of benzene rings is 2. The zero-order chi connectivity index (χ0) is 24.8. The van der Waals surface area contributed by atoms with Gasteiger partial charge in [-0.05, 0) is 44.5 Å². The van der Waals surface area contributed by atoms with E-state index in [-0.39, 0.29) is 24.5 Å². The fourth-order valence-corrected chi connectivity index (χ4v) is 4.90. The molecule has 1 fully saturated rings. The summed E-state index contributed by atoms with van der Waals surface area (Å²) in [7, 11) is 3.25. The highest BCUT2D eigenvalue weighted by atomic mass is 16.5. The monoisotopic (exact) mass is 479 g/mol. The van der Waals surface area contributed by atoms with Crippen molar-refractivity contribution in [3.63, 3.8) is 0 Å². The predicted molar refractivity (Wildman–Crippen MR) is 133 cm³/mol. The van der Waals surface area contributed by atoms with Gasteiger partial charge in [-0.3, -0.25) is 14.5 Å². The van der Waals surface area contributed by atoms with Crippen molar-refractivity contribution in [3.05, 3.63) is 59.7 Å². The number of methoxy groups -OCH3 is 2. The van der Waals surface area contributed by atoms with Gasteiger partial charge < -0.3 is 14.2 Å². The second-order valence-electron chi connectivity index (χ2n) is 8.68. The van der Waals surface area contributed by atoms with Crippen molar-refractivity contribution < 1.29 is 23.8 Å². The summed E-state index contributed by atoms with van der Waals surface area (Å²) in [5, 5.41) is 6.35. The molecule has 35 heavy (non-hydrogen) atoms. The van der Waals surface area contributed by atoms with Gasteiger partial charge in [-0.25, -0.2) is 5.01 Å². The molecule has 2 atom stereocenters. The lowest BCUT2D eigenvalue weighted by Crippen LogP contribution is -2.49. The number of carbonyl (C=O) groups excluding carboxylic acids is 2. The molecule has 2 aliphatic heterocycles. The lowest BCUT2D eigenvalue weighted by molar-refractivity contribution is -0.152. The fraction of sp³-hybridized carbons (Fsp3) is 0.444. The van der Waals surface area contributed by atoms with Crippen LogP contribution in [-0.2, 0) is 14.3 Å². The Kier molecular flexibility index (Phi) is 8.02. The third-order valence-corrected chi connectivity index (χ3v) is 6.59. The van der Waals surface area contributed by atoms with Crippen LogP contribution in [0, 0.1) is 0 Å². The van der Waals surface area contributed by atoms with Crippen molar-refractivity contribution in [1.82, 2.24) is 9.91 Å². The van der Waals surface area contributed by atoms with Gasteiger partial charge in [-0.1, -0.05) is 36.8 Å². The van der Waals surface area contributed by atoms with E-state index in [4.69, 9.17) is 19.3 Å². The van der Waals surface area contributed by atoms with Crippen LogP contribution in [-0.4, -0.2) is 67.5 Å². The molecule has 4 rings (SSSR count). The minimum absolute atomic E-state index is 0.0951. The third kappa shape index (κ3) is 5.32. The summed E-state index contributed by atoms with van der Waals surface area (Å²) in [5.74, 6) is 0.981. The molecule has 0 aliphatic carbocycles. The Morgan fingerprint density at radius 2 is 1.71 bits per heavy atom. The molecular weight excluding hydrogens is 446 g/mol. The molecule has 2 aromatic carbocycles. The molecule has 1 saturated heterocycles. The number of likely N-dealkylation sites (tertiary alicyclic amines) is 1. The summed E-state index contributed by atoms with van der Waals surface area (Å²) < 4.78 is 16.4. The number of amides is 1. The number of ether oxygens (including phenoxy) is 3. The molecule has 0 N–H and O–H groups in total. The maximum atomic E-state index is 13.7. The lowest BCUT2D eigenvalue weighted by atomic mass is 9.97. The predicted octanol–water partition coefficient (Wildman–Crippen LogP) is 3.80. The van der Waals surface area contributed by atoms with Crippen LogP contribution in [0.1, 0.15) is 49.8 Å². The van der Waals surface area contributed by atoms with E-state index in [0.717, 1.165) is 29.7 Å². The van der Waals surface area contributed by atoms with Gasteiger partial charge in [-0.2, -0.15) is 5.10 Å². The number of hydrazone groups is 1. The fourth-order valence-electron chi connectivity index (χ4n) is 4.90.